The molecule has 0 bridgehead atoms. The maximum Gasteiger partial charge on any atom is -0.0228 e. The number of rotatable bonds is 12. The van der Waals surface area contributed by atoms with Crippen LogP contribution in [0.25, 0.3) is 5.57 Å². The van der Waals surface area contributed by atoms with Crippen molar-refractivity contribution in [1.29, 1.82) is 0 Å². The van der Waals surface area contributed by atoms with Gasteiger partial charge in [-0.15, -0.1) is 0 Å². The van der Waals surface area contributed by atoms with Gasteiger partial charge in [0.15, 0.2) is 0 Å². The minimum Gasteiger partial charge on any atom is -0.0917 e. The maximum atomic E-state index is 2.41. The van der Waals surface area contributed by atoms with E-state index in [-0.39, 0.29) is 0 Å². The van der Waals surface area contributed by atoms with E-state index in [1.165, 1.54) is 101 Å². The van der Waals surface area contributed by atoms with Crippen molar-refractivity contribution in [2.24, 2.45) is 11.8 Å². The van der Waals surface area contributed by atoms with E-state index < -0.39 is 0 Å². The van der Waals surface area contributed by atoms with E-state index in [1.54, 1.807) is 5.57 Å². The molecule has 0 unspecified atom stereocenters. The first-order chi connectivity index (χ1) is 15.1. The molecule has 1 saturated carbocycles. The van der Waals surface area contributed by atoms with Crippen molar-refractivity contribution >= 4 is 5.57 Å². The smallest absolute Gasteiger partial charge is 0.0228 e. The van der Waals surface area contributed by atoms with Gasteiger partial charge in [0.2, 0.25) is 0 Å². The van der Waals surface area contributed by atoms with Crippen LogP contribution in [0.4, 0.5) is 0 Å². The van der Waals surface area contributed by atoms with Crippen molar-refractivity contribution in [2.75, 3.05) is 0 Å². The quantitative estimate of drug-likeness (QED) is 0.231. The molecular weight excluding hydrogens is 372 g/mol. The number of benzene rings is 1. The van der Waals surface area contributed by atoms with E-state index in [4.69, 9.17) is 0 Å². The van der Waals surface area contributed by atoms with Crippen LogP contribution >= 0.6 is 0 Å². The summed E-state index contributed by atoms with van der Waals surface area (Å²) in [5, 5.41) is 0. The van der Waals surface area contributed by atoms with Gasteiger partial charge < -0.3 is 0 Å². The number of allylic oxidation sites excluding steroid dienone is 4. The molecule has 2 rings (SSSR count). The Bertz CT molecular complexity index is 581. The first kappa shape index (κ1) is 27.7. The summed E-state index contributed by atoms with van der Waals surface area (Å²) < 4.78 is 0. The maximum absolute atomic E-state index is 2.41. The Hall–Kier alpha value is -1.30. The number of hydrogen-bond donors (Lipinski definition) is 0. The molecular formula is C31H52. The van der Waals surface area contributed by atoms with Crippen LogP contribution in [-0.2, 0) is 6.42 Å². The van der Waals surface area contributed by atoms with E-state index in [0.29, 0.717) is 0 Å². The topological polar surface area (TPSA) is 0 Å². The summed E-state index contributed by atoms with van der Waals surface area (Å²) in [7, 11) is 0. The molecule has 1 aliphatic rings. The highest BCUT2D eigenvalue weighted by Crippen LogP contribution is 2.33. The molecule has 1 aliphatic carbocycles. The summed E-state index contributed by atoms with van der Waals surface area (Å²) >= 11 is 0. The standard InChI is InChI=1S/C24H38.C7H14/c1-4-6-7-8-9-21-15-18-24(19-16-21)23(5-2)17-14-22-12-10-20(3)11-13-22;1-3-5-7-6-4-2/h5,15-16,18-20,22H,4,6-14,17H2,1-3H3;3,5H,4,6-7H2,1-2H3/b23-5-;5-3-. The largest absolute Gasteiger partial charge is 0.0917 e. The van der Waals surface area contributed by atoms with Crippen molar-refractivity contribution in [3.05, 3.63) is 53.6 Å². The fraction of sp³-hybridized carbons (Fsp3) is 0.677. The summed E-state index contributed by atoms with van der Waals surface area (Å²) in [6.45, 7) is 11.2. The molecule has 1 fully saturated rings. The molecule has 0 saturated heterocycles. The van der Waals surface area contributed by atoms with Crippen LogP contribution in [0.15, 0.2) is 42.5 Å². The third-order valence-electron chi connectivity index (χ3n) is 6.91. The van der Waals surface area contributed by atoms with Gasteiger partial charge in [0.25, 0.3) is 0 Å². The van der Waals surface area contributed by atoms with Crippen LogP contribution < -0.4 is 0 Å². The molecule has 0 radical (unpaired) electrons. The lowest BCUT2D eigenvalue weighted by atomic mass is 9.80. The van der Waals surface area contributed by atoms with E-state index in [0.717, 1.165) is 11.8 Å². The zero-order chi connectivity index (χ0) is 22.7. The van der Waals surface area contributed by atoms with Crippen LogP contribution in [0.2, 0.25) is 0 Å². The average molecular weight is 425 g/mol. The van der Waals surface area contributed by atoms with Crippen molar-refractivity contribution in [1.82, 2.24) is 0 Å². The molecule has 0 heterocycles. The predicted octanol–water partition coefficient (Wildman–Crippen LogP) is 10.6. The second-order valence-corrected chi connectivity index (χ2v) is 9.70. The third kappa shape index (κ3) is 13.0. The van der Waals surface area contributed by atoms with Gasteiger partial charge in [-0.05, 0) is 74.5 Å². The fourth-order valence-corrected chi connectivity index (χ4v) is 4.56. The van der Waals surface area contributed by atoms with Gasteiger partial charge in [-0.2, -0.15) is 0 Å². The lowest BCUT2D eigenvalue weighted by molar-refractivity contribution is 0.279. The Morgan fingerprint density at radius 2 is 1.55 bits per heavy atom. The van der Waals surface area contributed by atoms with Crippen molar-refractivity contribution < 1.29 is 0 Å². The highest BCUT2D eigenvalue weighted by atomic mass is 14.2. The molecule has 1 aromatic carbocycles. The van der Waals surface area contributed by atoms with Crippen LogP contribution in [-0.4, -0.2) is 0 Å². The normalized spacial score (nSPS) is 19.3. The molecule has 0 N–H and O–H groups in total. The molecule has 0 heteroatoms. The summed E-state index contributed by atoms with van der Waals surface area (Å²) in [5.41, 5.74) is 4.50. The monoisotopic (exact) mass is 424 g/mol. The zero-order valence-electron chi connectivity index (χ0n) is 21.6. The average Bonchev–Trinajstić information content (AvgIpc) is 2.80. The summed E-state index contributed by atoms with van der Waals surface area (Å²) in [4.78, 5) is 0. The van der Waals surface area contributed by atoms with Crippen molar-refractivity contribution in [3.63, 3.8) is 0 Å². The van der Waals surface area contributed by atoms with E-state index >= 15 is 0 Å². The minimum absolute atomic E-state index is 0.965. The van der Waals surface area contributed by atoms with Gasteiger partial charge in [0, 0.05) is 0 Å². The number of unbranched alkanes of at least 4 members (excludes halogenated alkanes) is 5. The van der Waals surface area contributed by atoms with E-state index in [2.05, 4.69) is 77.1 Å². The lowest BCUT2D eigenvalue weighted by Crippen LogP contribution is -2.12. The Labute approximate surface area is 195 Å². The van der Waals surface area contributed by atoms with Crippen molar-refractivity contribution in [3.8, 4) is 0 Å². The molecule has 0 amide bonds. The Morgan fingerprint density at radius 1 is 0.871 bits per heavy atom. The van der Waals surface area contributed by atoms with Gasteiger partial charge in [-0.25, -0.2) is 0 Å². The second-order valence-electron chi connectivity index (χ2n) is 9.70. The molecule has 0 aromatic heterocycles. The van der Waals surface area contributed by atoms with Crippen LogP contribution in [0, 0.1) is 11.8 Å². The minimum atomic E-state index is 0.965. The van der Waals surface area contributed by atoms with Crippen LogP contribution in [0.1, 0.15) is 129 Å². The summed E-state index contributed by atoms with van der Waals surface area (Å²) in [6, 6.07) is 9.42. The first-order valence-corrected chi connectivity index (χ1v) is 13.5. The van der Waals surface area contributed by atoms with Gasteiger partial charge in [-0.1, -0.05) is 121 Å². The van der Waals surface area contributed by atoms with Gasteiger partial charge in [0.1, 0.15) is 0 Å². The predicted molar refractivity (Wildman–Crippen MR) is 143 cm³/mol. The van der Waals surface area contributed by atoms with Gasteiger partial charge in [0.05, 0.1) is 0 Å². The molecule has 1 aromatic rings. The Kier molecular flexibility index (Phi) is 16.4. The van der Waals surface area contributed by atoms with Crippen LogP contribution in [0.5, 0.6) is 0 Å². The molecule has 0 atom stereocenters. The molecule has 0 aliphatic heterocycles. The Morgan fingerprint density at radius 3 is 2.13 bits per heavy atom. The first-order valence-electron chi connectivity index (χ1n) is 13.5. The van der Waals surface area contributed by atoms with E-state index in [9.17, 15) is 0 Å². The second kappa shape index (κ2) is 18.3. The van der Waals surface area contributed by atoms with Gasteiger partial charge in [-0.3, -0.25) is 0 Å². The zero-order valence-corrected chi connectivity index (χ0v) is 21.6. The number of hydrogen-bond acceptors (Lipinski definition) is 0. The molecule has 31 heavy (non-hydrogen) atoms. The highest BCUT2D eigenvalue weighted by molar-refractivity contribution is 5.65. The number of aryl methyl sites for hydroxylation is 1. The van der Waals surface area contributed by atoms with Crippen molar-refractivity contribution in [2.45, 2.75) is 125 Å². The summed E-state index contributed by atoms with van der Waals surface area (Å²) in [5.74, 6) is 1.93. The van der Waals surface area contributed by atoms with E-state index in [1.807, 2.05) is 0 Å². The fourth-order valence-electron chi connectivity index (χ4n) is 4.56. The molecule has 176 valence electrons. The van der Waals surface area contributed by atoms with Crippen LogP contribution in [0.3, 0.4) is 0 Å². The lowest BCUT2D eigenvalue weighted by Gasteiger charge is -2.26. The molecule has 0 spiro atoms. The summed E-state index contributed by atoms with van der Waals surface area (Å²) in [6.07, 6.45) is 25.6. The SMILES string of the molecule is C/C=C(/CCC1CCC(C)CC1)c1ccc(CCCCCC)cc1.C/C=C\CCCC. The highest BCUT2D eigenvalue weighted by Gasteiger charge is 2.18. The third-order valence-corrected chi connectivity index (χ3v) is 6.91. The van der Waals surface area contributed by atoms with Gasteiger partial charge >= 0.3 is 0 Å². The Balaban J connectivity index is 0.000000592. The molecule has 0 nitrogen and oxygen atoms in total.